The number of halogens is 1. The van der Waals surface area contributed by atoms with Crippen molar-refractivity contribution in [3.05, 3.63) is 69.3 Å². The summed E-state index contributed by atoms with van der Waals surface area (Å²) in [5.74, 6) is -0.729. The molecule has 1 heterocycles. The van der Waals surface area contributed by atoms with Gasteiger partial charge in [-0.3, -0.25) is 15.0 Å². The van der Waals surface area contributed by atoms with Gasteiger partial charge in [0.15, 0.2) is 0 Å². The molecule has 0 radical (unpaired) electrons. The van der Waals surface area contributed by atoms with Crippen molar-refractivity contribution in [1.29, 1.82) is 0 Å². The van der Waals surface area contributed by atoms with E-state index in [2.05, 4.69) is 28.0 Å². The molecule has 0 unspecified atom stereocenters. The van der Waals surface area contributed by atoms with Crippen molar-refractivity contribution < 1.29 is 9.59 Å². The Kier molecular flexibility index (Phi) is 3.74. The summed E-state index contributed by atoms with van der Waals surface area (Å²) >= 11 is 2.21. The molecule has 2 aromatic rings. The van der Waals surface area contributed by atoms with Crippen molar-refractivity contribution in [2.45, 2.75) is 0 Å². The SMILES string of the molecule is O=C1NN(c2ccccc2)C(=O)/C1=C\c1ccc(I)cc1. The lowest BCUT2D eigenvalue weighted by Gasteiger charge is -2.13. The van der Waals surface area contributed by atoms with Gasteiger partial charge in [0, 0.05) is 3.57 Å². The van der Waals surface area contributed by atoms with E-state index in [4.69, 9.17) is 0 Å². The number of benzene rings is 2. The summed E-state index contributed by atoms with van der Waals surface area (Å²) in [7, 11) is 0. The normalized spacial score (nSPS) is 16.4. The van der Waals surface area contributed by atoms with Gasteiger partial charge in [0.2, 0.25) is 0 Å². The quantitative estimate of drug-likeness (QED) is 0.487. The number of amides is 2. The third kappa shape index (κ3) is 2.82. The topological polar surface area (TPSA) is 49.4 Å². The lowest BCUT2D eigenvalue weighted by Crippen LogP contribution is -2.35. The van der Waals surface area contributed by atoms with Gasteiger partial charge in [-0.25, -0.2) is 5.01 Å². The smallest absolute Gasteiger partial charge is 0.267 e. The number of hydrazine groups is 1. The molecule has 2 amide bonds. The van der Waals surface area contributed by atoms with Gasteiger partial charge in [-0.05, 0) is 58.5 Å². The molecule has 0 spiro atoms. The Bertz CT molecular complexity index is 724. The summed E-state index contributed by atoms with van der Waals surface area (Å²) in [5.41, 5.74) is 4.18. The minimum absolute atomic E-state index is 0.139. The number of carbonyl (C=O) groups is 2. The van der Waals surface area contributed by atoms with Gasteiger partial charge >= 0.3 is 0 Å². The number of rotatable bonds is 2. The van der Waals surface area contributed by atoms with E-state index in [1.165, 1.54) is 5.01 Å². The average molecular weight is 390 g/mol. The average Bonchev–Trinajstić information content (AvgIpc) is 2.78. The van der Waals surface area contributed by atoms with Crippen LogP contribution in [0.4, 0.5) is 5.69 Å². The van der Waals surface area contributed by atoms with Gasteiger partial charge in [0.25, 0.3) is 11.8 Å². The van der Waals surface area contributed by atoms with Crippen LogP contribution in [0, 0.1) is 3.57 Å². The molecule has 3 rings (SSSR count). The predicted octanol–water partition coefficient (Wildman–Crippen LogP) is 2.75. The summed E-state index contributed by atoms with van der Waals surface area (Å²) in [6.07, 6.45) is 1.61. The first-order valence-electron chi connectivity index (χ1n) is 6.33. The number of para-hydroxylation sites is 1. The minimum Gasteiger partial charge on any atom is -0.267 e. The molecular formula is C16H11IN2O2. The summed E-state index contributed by atoms with van der Waals surface area (Å²) in [5, 5.41) is 1.26. The zero-order valence-electron chi connectivity index (χ0n) is 10.9. The Hall–Kier alpha value is -2.15. The molecule has 4 nitrogen and oxygen atoms in total. The zero-order chi connectivity index (χ0) is 14.8. The Balaban J connectivity index is 1.92. The van der Waals surface area contributed by atoms with Crippen LogP contribution in [-0.4, -0.2) is 11.8 Å². The van der Waals surface area contributed by atoms with Gasteiger partial charge < -0.3 is 0 Å². The van der Waals surface area contributed by atoms with Crippen LogP contribution in [0.5, 0.6) is 0 Å². The first-order valence-corrected chi connectivity index (χ1v) is 7.41. The van der Waals surface area contributed by atoms with E-state index >= 15 is 0 Å². The van der Waals surface area contributed by atoms with E-state index in [0.717, 1.165) is 9.13 Å². The molecule has 2 aromatic carbocycles. The molecular weight excluding hydrogens is 379 g/mol. The van der Waals surface area contributed by atoms with Crippen molar-refractivity contribution in [3.63, 3.8) is 0 Å². The molecule has 0 aromatic heterocycles. The maximum Gasteiger partial charge on any atom is 0.282 e. The Morgan fingerprint density at radius 1 is 0.952 bits per heavy atom. The van der Waals surface area contributed by atoms with Gasteiger partial charge in [-0.1, -0.05) is 30.3 Å². The fraction of sp³-hybridized carbons (Fsp3) is 0. The van der Waals surface area contributed by atoms with E-state index in [0.29, 0.717) is 5.69 Å². The molecule has 0 saturated carbocycles. The lowest BCUT2D eigenvalue weighted by molar-refractivity contribution is -0.117. The van der Waals surface area contributed by atoms with Crippen LogP contribution < -0.4 is 10.4 Å². The van der Waals surface area contributed by atoms with Crippen LogP contribution in [0.25, 0.3) is 6.08 Å². The first kappa shape index (κ1) is 13.8. The molecule has 104 valence electrons. The fourth-order valence-electron chi connectivity index (χ4n) is 2.04. The highest BCUT2D eigenvalue weighted by atomic mass is 127. The minimum atomic E-state index is -0.387. The van der Waals surface area contributed by atoms with E-state index in [9.17, 15) is 9.59 Å². The van der Waals surface area contributed by atoms with Crippen LogP contribution >= 0.6 is 22.6 Å². The number of carbonyl (C=O) groups excluding carboxylic acids is 2. The molecule has 21 heavy (non-hydrogen) atoms. The highest BCUT2D eigenvalue weighted by Crippen LogP contribution is 2.21. The molecule has 1 aliphatic rings. The second kappa shape index (κ2) is 5.69. The maximum absolute atomic E-state index is 12.4. The summed E-state index contributed by atoms with van der Waals surface area (Å²) in [6, 6.07) is 16.6. The predicted molar refractivity (Wildman–Crippen MR) is 89.2 cm³/mol. The maximum atomic E-state index is 12.4. The standard InChI is InChI=1S/C16H11IN2O2/c17-12-8-6-11(7-9-12)10-14-15(20)18-19(16(14)21)13-4-2-1-3-5-13/h1-10H,(H,18,20)/b14-10-. The Labute approximate surface area is 135 Å². The van der Waals surface area contributed by atoms with Gasteiger partial charge in [0.05, 0.1) is 5.69 Å². The monoisotopic (exact) mass is 390 g/mol. The molecule has 1 fully saturated rings. The van der Waals surface area contributed by atoms with E-state index in [1.807, 2.05) is 42.5 Å². The van der Waals surface area contributed by atoms with Crippen LogP contribution in [-0.2, 0) is 9.59 Å². The molecule has 1 saturated heterocycles. The number of hydrogen-bond acceptors (Lipinski definition) is 2. The largest absolute Gasteiger partial charge is 0.282 e. The Morgan fingerprint density at radius 2 is 1.62 bits per heavy atom. The highest BCUT2D eigenvalue weighted by Gasteiger charge is 2.34. The molecule has 0 bridgehead atoms. The Morgan fingerprint density at radius 3 is 2.29 bits per heavy atom. The van der Waals surface area contributed by atoms with Crippen molar-refractivity contribution in [2.24, 2.45) is 0 Å². The van der Waals surface area contributed by atoms with Crippen molar-refractivity contribution in [3.8, 4) is 0 Å². The third-order valence-electron chi connectivity index (χ3n) is 3.09. The summed E-state index contributed by atoms with van der Waals surface area (Å²) in [6.45, 7) is 0. The van der Waals surface area contributed by atoms with E-state index in [-0.39, 0.29) is 17.4 Å². The number of nitrogens with zero attached hydrogens (tertiary/aromatic N) is 1. The zero-order valence-corrected chi connectivity index (χ0v) is 13.1. The fourth-order valence-corrected chi connectivity index (χ4v) is 2.40. The number of anilines is 1. The number of hydrogen-bond donors (Lipinski definition) is 1. The second-order valence-corrected chi connectivity index (χ2v) is 5.77. The molecule has 5 heteroatoms. The van der Waals surface area contributed by atoms with Crippen molar-refractivity contribution in [1.82, 2.24) is 5.43 Å². The van der Waals surface area contributed by atoms with Crippen molar-refractivity contribution >= 4 is 46.2 Å². The number of nitrogens with one attached hydrogen (secondary N) is 1. The van der Waals surface area contributed by atoms with Gasteiger partial charge in [-0.15, -0.1) is 0 Å². The van der Waals surface area contributed by atoms with E-state index in [1.54, 1.807) is 18.2 Å². The van der Waals surface area contributed by atoms with Gasteiger partial charge in [0.1, 0.15) is 5.57 Å². The lowest BCUT2D eigenvalue weighted by atomic mass is 10.1. The first-order chi connectivity index (χ1) is 10.1. The summed E-state index contributed by atoms with van der Waals surface area (Å²) in [4.78, 5) is 24.4. The molecule has 1 N–H and O–H groups in total. The van der Waals surface area contributed by atoms with Gasteiger partial charge in [-0.2, -0.15) is 0 Å². The molecule has 0 aliphatic carbocycles. The molecule has 0 atom stereocenters. The van der Waals surface area contributed by atoms with Crippen molar-refractivity contribution in [2.75, 3.05) is 5.01 Å². The van der Waals surface area contributed by atoms with E-state index < -0.39 is 0 Å². The summed E-state index contributed by atoms with van der Waals surface area (Å²) < 4.78 is 1.10. The third-order valence-corrected chi connectivity index (χ3v) is 3.81. The van der Waals surface area contributed by atoms with Crippen LogP contribution in [0.15, 0.2) is 60.2 Å². The van der Waals surface area contributed by atoms with Crippen LogP contribution in [0.2, 0.25) is 0 Å². The highest BCUT2D eigenvalue weighted by molar-refractivity contribution is 14.1. The van der Waals surface area contributed by atoms with Crippen LogP contribution in [0.1, 0.15) is 5.56 Å². The second-order valence-electron chi connectivity index (χ2n) is 4.53. The van der Waals surface area contributed by atoms with Crippen LogP contribution in [0.3, 0.4) is 0 Å². The molecule has 1 aliphatic heterocycles.